The highest BCUT2D eigenvalue weighted by atomic mass is 19.3. The Kier molecular flexibility index (Phi) is 5.22. The van der Waals surface area contributed by atoms with Crippen molar-refractivity contribution in [2.45, 2.75) is 25.6 Å². The number of methoxy groups -OCH3 is 1. The number of benzene rings is 1. The minimum absolute atomic E-state index is 0.154. The summed E-state index contributed by atoms with van der Waals surface area (Å²) in [5, 5.41) is 3.89. The number of likely N-dealkylation sites (tertiary alicyclic amines) is 1. The molecule has 0 N–H and O–H groups in total. The average molecular weight is 353 g/mol. The predicted octanol–water partition coefficient (Wildman–Crippen LogP) is 2.13. The minimum atomic E-state index is -2.81. The minimum Gasteiger partial charge on any atom is -0.497 e. The van der Waals surface area contributed by atoms with Gasteiger partial charge in [-0.15, -0.1) is 0 Å². The number of amides is 1. The zero-order valence-electron chi connectivity index (χ0n) is 13.5. The van der Waals surface area contributed by atoms with Crippen molar-refractivity contribution in [3.05, 3.63) is 30.2 Å². The Morgan fingerprint density at radius 2 is 2.08 bits per heavy atom. The lowest BCUT2D eigenvalue weighted by atomic mass is 10.1. The van der Waals surface area contributed by atoms with Crippen LogP contribution in [0.1, 0.15) is 12.3 Å². The van der Waals surface area contributed by atoms with Crippen LogP contribution in [0.3, 0.4) is 0 Å². The van der Waals surface area contributed by atoms with Crippen LogP contribution < -0.4 is 4.74 Å². The van der Waals surface area contributed by atoms with Crippen LogP contribution in [0.2, 0.25) is 0 Å². The maximum absolute atomic E-state index is 12.0. The Hall–Kier alpha value is -2.55. The molecule has 1 saturated heterocycles. The maximum atomic E-state index is 12.0. The number of hydrogen-bond donors (Lipinski definition) is 0. The van der Waals surface area contributed by atoms with Gasteiger partial charge in [0.1, 0.15) is 5.75 Å². The SMILES string of the molecule is COc1ccc(-c2noc(CCC(=O)N3CC(OC(F)F)C3)n2)cc1. The Morgan fingerprint density at radius 1 is 1.36 bits per heavy atom. The molecule has 2 heterocycles. The van der Waals surface area contributed by atoms with Crippen molar-refractivity contribution in [2.24, 2.45) is 0 Å². The van der Waals surface area contributed by atoms with Gasteiger partial charge in [-0.2, -0.15) is 13.8 Å². The Labute approximate surface area is 142 Å². The first-order valence-corrected chi connectivity index (χ1v) is 7.73. The van der Waals surface area contributed by atoms with E-state index in [9.17, 15) is 13.6 Å². The second-order valence-electron chi connectivity index (χ2n) is 5.56. The molecule has 0 radical (unpaired) electrons. The number of alkyl halides is 2. The lowest BCUT2D eigenvalue weighted by molar-refractivity contribution is -0.199. The lowest BCUT2D eigenvalue weighted by Gasteiger charge is -2.38. The number of carbonyl (C=O) groups is 1. The maximum Gasteiger partial charge on any atom is 0.345 e. The van der Waals surface area contributed by atoms with Gasteiger partial charge >= 0.3 is 6.61 Å². The Morgan fingerprint density at radius 3 is 2.72 bits per heavy atom. The predicted molar refractivity (Wildman–Crippen MR) is 82.1 cm³/mol. The molecular weight excluding hydrogens is 336 g/mol. The van der Waals surface area contributed by atoms with Crippen molar-refractivity contribution in [1.82, 2.24) is 15.0 Å². The fourth-order valence-electron chi connectivity index (χ4n) is 2.46. The van der Waals surface area contributed by atoms with Crippen molar-refractivity contribution in [3.8, 4) is 17.1 Å². The third kappa shape index (κ3) is 4.30. The van der Waals surface area contributed by atoms with Gasteiger partial charge in [-0.3, -0.25) is 4.79 Å². The number of rotatable bonds is 7. The molecule has 0 bridgehead atoms. The zero-order chi connectivity index (χ0) is 17.8. The van der Waals surface area contributed by atoms with E-state index in [2.05, 4.69) is 14.9 Å². The van der Waals surface area contributed by atoms with Crippen molar-refractivity contribution < 1.29 is 27.6 Å². The molecule has 1 fully saturated rings. The van der Waals surface area contributed by atoms with Gasteiger partial charge in [-0.1, -0.05) is 5.16 Å². The summed E-state index contributed by atoms with van der Waals surface area (Å²) in [6.07, 6.45) is -0.126. The zero-order valence-corrected chi connectivity index (χ0v) is 13.5. The van der Waals surface area contributed by atoms with Crippen LogP contribution in [-0.2, 0) is 16.0 Å². The van der Waals surface area contributed by atoms with E-state index in [0.29, 0.717) is 18.1 Å². The highest BCUT2D eigenvalue weighted by molar-refractivity contribution is 5.77. The largest absolute Gasteiger partial charge is 0.497 e. The normalized spacial score (nSPS) is 14.6. The van der Waals surface area contributed by atoms with Gasteiger partial charge in [-0.25, -0.2) is 0 Å². The van der Waals surface area contributed by atoms with Gasteiger partial charge in [0, 0.05) is 31.5 Å². The molecular formula is C16H17F2N3O4. The summed E-state index contributed by atoms with van der Waals surface area (Å²) < 4.78 is 38.6. The number of ether oxygens (including phenoxy) is 2. The highest BCUT2D eigenvalue weighted by Gasteiger charge is 2.33. The van der Waals surface area contributed by atoms with Gasteiger partial charge in [0.25, 0.3) is 0 Å². The van der Waals surface area contributed by atoms with Gasteiger partial charge in [0.05, 0.1) is 13.2 Å². The summed E-state index contributed by atoms with van der Waals surface area (Å²) in [6.45, 7) is -2.44. The second kappa shape index (κ2) is 7.56. The van der Waals surface area contributed by atoms with Gasteiger partial charge in [-0.05, 0) is 24.3 Å². The molecule has 134 valence electrons. The summed E-state index contributed by atoms with van der Waals surface area (Å²) in [5.41, 5.74) is 0.775. The number of hydrogen-bond acceptors (Lipinski definition) is 6. The molecule has 0 saturated carbocycles. The first kappa shape index (κ1) is 17.3. The van der Waals surface area contributed by atoms with Gasteiger partial charge in [0.15, 0.2) is 0 Å². The van der Waals surface area contributed by atoms with Crippen LogP contribution in [0.15, 0.2) is 28.8 Å². The van der Waals surface area contributed by atoms with Crippen LogP contribution in [0.5, 0.6) is 5.75 Å². The van der Waals surface area contributed by atoms with Crippen molar-refractivity contribution in [1.29, 1.82) is 0 Å². The summed E-state index contributed by atoms with van der Waals surface area (Å²) in [5.74, 6) is 1.35. The number of aromatic nitrogens is 2. The van der Waals surface area contributed by atoms with Crippen LogP contribution in [0.4, 0.5) is 8.78 Å². The molecule has 0 atom stereocenters. The van der Waals surface area contributed by atoms with E-state index in [1.807, 2.05) is 12.1 Å². The fourth-order valence-corrected chi connectivity index (χ4v) is 2.46. The third-order valence-corrected chi connectivity index (χ3v) is 3.87. The van der Waals surface area contributed by atoms with Crippen molar-refractivity contribution >= 4 is 5.91 Å². The molecule has 1 aliphatic rings. The summed E-state index contributed by atoms with van der Waals surface area (Å²) in [7, 11) is 1.58. The topological polar surface area (TPSA) is 77.7 Å². The Bertz CT molecular complexity index is 714. The highest BCUT2D eigenvalue weighted by Crippen LogP contribution is 2.21. The van der Waals surface area contributed by atoms with Gasteiger partial charge < -0.3 is 18.9 Å². The molecule has 7 nitrogen and oxygen atoms in total. The first-order valence-electron chi connectivity index (χ1n) is 7.73. The van der Waals surface area contributed by atoms with Crippen LogP contribution in [-0.4, -0.2) is 53.9 Å². The van der Waals surface area contributed by atoms with E-state index in [-0.39, 0.29) is 25.4 Å². The van der Waals surface area contributed by atoms with Crippen molar-refractivity contribution in [3.63, 3.8) is 0 Å². The molecule has 9 heteroatoms. The molecule has 1 aliphatic heterocycles. The second-order valence-corrected chi connectivity index (χ2v) is 5.56. The molecule has 0 spiro atoms. The van der Waals surface area contributed by atoms with E-state index in [1.165, 1.54) is 4.90 Å². The Balaban J connectivity index is 1.48. The first-order chi connectivity index (χ1) is 12.0. The number of carbonyl (C=O) groups excluding carboxylic acids is 1. The molecule has 0 unspecified atom stereocenters. The van der Waals surface area contributed by atoms with E-state index in [4.69, 9.17) is 9.26 Å². The molecule has 0 aliphatic carbocycles. The van der Waals surface area contributed by atoms with Crippen LogP contribution in [0, 0.1) is 0 Å². The monoisotopic (exact) mass is 353 g/mol. The third-order valence-electron chi connectivity index (χ3n) is 3.87. The van der Waals surface area contributed by atoms with Gasteiger partial charge in [0.2, 0.25) is 17.6 Å². The molecule has 3 rings (SSSR count). The van der Waals surface area contributed by atoms with E-state index >= 15 is 0 Å². The smallest absolute Gasteiger partial charge is 0.345 e. The van der Waals surface area contributed by atoms with E-state index in [0.717, 1.165) is 11.3 Å². The average Bonchev–Trinajstić information content (AvgIpc) is 3.04. The fraction of sp³-hybridized carbons (Fsp3) is 0.438. The van der Waals surface area contributed by atoms with E-state index in [1.54, 1.807) is 19.2 Å². The van der Waals surface area contributed by atoms with E-state index < -0.39 is 12.7 Å². The standard InChI is InChI=1S/C16H17F2N3O4/c1-23-11-4-2-10(3-5-11)15-19-13(25-20-15)6-7-14(22)21-8-12(9-21)24-16(17)18/h2-5,12,16H,6-9H2,1H3. The number of halogens is 2. The van der Waals surface area contributed by atoms with Crippen LogP contribution >= 0.6 is 0 Å². The summed E-state index contributed by atoms with van der Waals surface area (Å²) in [4.78, 5) is 17.7. The lowest BCUT2D eigenvalue weighted by Crippen LogP contribution is -2.55. The molecule has 1 aromatic carbocycles. The number of nitrogens with zero attached hydrogens (tertiary/aromatic N) is 3. The molecule has 25 heavy (non-hydrogen) atoms. The summed E-state index contributed by atoms with van der Waals surface area (Å²) in [6, 6.07) is 7.19. The van der Waals surface area contributed by atoms with Crippen molar-refractivity contribution in [2.75, 3.05) is 20.2 Å². The van der Waals surface area contributed by atoms with Crippen LogP contribution in [0.25, 0.3) is 11.4 Å². The molecule has 1 aromatic heterocycles. The number of aryl methyl sites for hydroxylation is 1. The molecule has 1 amide bonds. The quantitative estimate of drug-likeness (QED) is 0.759. The molecule has 2 aromatic rings. The summed E-state index contributed by atoms with van der Waals surface area (Å²) >= 11 is 0.